The van der Waals surface area contributed by atoms with Gasteiger partial charge in [-0.2, -0.15) is 18.3 Å². The van der Waals surface area contributed by atoms with Crippen LogP contribution in [0, 0.1) is 0 Å². The molecule has 0 aromatic carbocycles. The summed E-state index contributed by atoms with van der Waals surface area (Å²) in [4.78, 5) is 4.02. The average molecular weight is 306 g/mol. The number of hydrogen-bond acceptors (Lipinski definition) is 2. The van der Waals surface area contributed by atoms with E-state index in [-0.39, 0.29) is 0 Å². The zero-order valence-corrected chi connectivity index (χ0v) is 10.0. The molecular weight excluding hydrogens is 299 g/mol. The first-order valence-electron chi connectivity index (χ1n) is 4.64. The molecule has 0 atom stereocenters. The largest absolute Gasteiger partial charge is 0.419 e. The van der Waals surface area contributed by atoms with E-state index in [0.29, 0.717) is 11.1 Å². The number of halogens is 4. The second kappa shape index (κ2) is 4.48. The van der Waals surface area contributed by atoms with Crippen LogP contribution >= 0.6 is 15.9 Å². The van der Waals surface area contributed by atoms with Crippen molar-refractivity contribution in [3.8, 4) is 5.82 Å². The van der Waals surface area contributed by atoms with Crippen LogP contribution in [0.2, 0.25) is 0 Å². The molecule has 17 heavy (non-hydrogen) atoms. The van der Waals surface area contributed by atoms with Crippen LogP contribution in [-0.4, -0.2) is 14.8 Å². The van der Waals surface area contributed by atoms with Crippen molar-refractivity contribution >= 4 is 15.9 Å². The van der Waals surface area contributed by atoms with Crippen molar-refractivity contribution in [2.45, 2.75) is 11.5 Å². The van der Waals surface area contributed by atoms with Crippen LogP contribution in [0.15, 0.2) is 30.7 Å². The predicted molar refractivity (Wildman–Crippen MR) is 59.0 cm³/mol. The SMILES string of the molecule is FC(F)(F)c1cnn(-c2ncccc2CBr)c1. The number of nitrogens with zero attached hydrogens (tertiary/aromatic N) is 3. The molecule has 0 N–H and O–H groups in total. The maximum atomic E-state index is 12.4. The van der Waals surface area contributed by atoms with Crippen molar-refractivity contribution in [3.63, 3.8) is 0 Å². The standard InChI is InChI=1S/C10H7BrF3N3/c11-4-7-2-1-3-15-9(7)17-6-8(5-16-17)10(12,13)14/h1-3,5-6H,4H2. The summed E-state index contributed by atoms with van der Waals surface area (Å²) in [7, 11) is 0. The van der Waals surface area contributed by atoms with Crippen LogP contribution in [0.4, 0.5) is 13.2 Å². The van der Waals surface area contributed by atoms with Crippen molar-refractivity contribution < 1.29 is 13.2 Å². The fourth-order valence-corrected chi connectivity index (χ4v) is 1.76. The van der Waals surface area contributed by atoms with Gasteiger partial charge in [-0.25, -0.2) is 9.67 Å². The van der Waals surface area contributed by atoms with Gasteiger partial charge in [-0.05, 0) is 6.07 Å². The van der Waals surface area contributed by atoms with Crippen LogP contribution in [0.1, 0.15) is 11.1 Å². The second-order valence-electron chi connectivity index (χ2n) is 3.29. The van der Waals surface area contributed by atoms with Crippen molar-refractivity contribution in [1.29, 1.82) is 0 Å². The molecule has 0 amide bonds. The first-order valence-corrected chi connectivity index (χ1v) is 5.76. The topological polar surface area (TPSA) is 30.7 Å². The van der Waals surface area contributed by atoms with Gasteiger partial charge < -0.3 is 0 Å². The minimum absolute atomic E-state index is 0.389. The Hall–Kier alpha value is -1.37. The van der Waals surface area contributed by atoms with Gasteiger partial charge in [0.2, 0.25) is 0 Å². The van der Waals surface area contributed by atoms with E-state index >= 15 is 0 Å². The summed E-state index contributed by atoms with van der Waals surface area (Å²) in [5, 5.41) is 4.17. The van der Waals surface area contributed by atoms with E-state index in [4.69, 9.17) is 0 Å². The molecule has 0 bridgehead atoms. The summed E-state index contributed by atoms with van der Waals surface area (Å²) in [6, 6.07) is 3.49. The lowest BCUT2D eigenvalue weighted by Crippen LogP contribution is -2.04. The number of rotatable bonds is 2. The fourth-order valence-electron chi connectivity index (χ4n) is 1.33. The number of alkyl halides is 4. The van der Waals surface area contributed by atoms with Crippen LogP contribution in [0.25, 0.3) is 5.82 Å². The Balaban J connectivity index is 2.44. The lowest BCUT2D eigenvalue weighted by molar-refractivity contribution is -0.137. The summed E-state index contributed by atoms with van der Waals surface area (Å²) in [5.74, 6) is 0.389. The molecule has 0 radical (unpaired) electrons. The minimum atomic E-state index is -4.39. The molecule has 0 aliphatic heterocycles. The Morgan fingerprint density at radius 3 is 2.71 bits per heavy atom. The lowest BCUT2D eigenvalue weighted by atomic mass is 10.3. The highest BCUT2D eigenvalue weighted by Crippen LogP contribution is 2.29. The molecular formula is C10H7BrF3N3. The fraction of sp³-hybridized carbons (Fsp3) is 0.200. The average Bonchev–Trinajstić information content (AvgIpc) is 2.77. The minimum Gasteiger partial charge on any atom is -0.237 e. The third-order valence-corrected chi connectivity index (χ3v) is 2.74. The van der Waals surface area contributed by atoms with Crippen molar-refractivity contribution in [1.82, 2.24) is 14.8 Å². The van der Waals surface area contributed by atoms with E-state index in [0.717, 1.165) is 22.6 Å². The van der Waals surface area contributed by atoms with Crippen molar-refractivity contribution in [2.75, 3.05) is 0 Å². The normalized spacial score (nSPS) is 11.8. The Kier molecular flexibility index (Phi) is 3.19. The third kappa shape index (κ3) is 2.49. The van der Waals surface area contributed by atoms with Gasteiger partial charge in [-0.15, -0.1) is 0 Å². The summed E-state index contributed by atoms with van der Waals surface area (Å²) < 4.78 is 38.4. The van der Waals surface area contributed by atoms with Gasteiger partial charge in [0, 0.05) is 23.3 Å². The van der Waals surface area contributed by atoms with Crippen LogP contribution in [0.3, 0.4) is 0 Å². The van der Waals surface area contributed by atoms with Gasteiger partial charge in [0.1, 0.15) is 0 Å². The van der Waals surface area contributed by atoms with Gasteiger partial charge in [0.15, 0.2) is 5.82 Å². The zero-order valence-electron chi connectivity index (χ0n) is 8.45. The summed E-state index contributed by atoms with van der Waals surface area (Å²) >= 11 is 3.25. The van der Waals surface area contributed by atoms with E-state index in [2.05, 4.69) is 26.0 Å². The summed E-state index contributed by atoms with van der Waals surface area (Å²) in [6.45, 7) is 0. The Morgan fingerprint density at radius 1 is 1.35 bits per heavy atom. The van der Waals surface area contributed by atoms with Crippen LogP contribution < -0.4 is 0 Å². The zero-order chi connectivity index (χ0) is 12.5. The number of aromatic nitrogens is 3. The Labute approximate surface area is 103 Å². The highest BCUT2D eigenvalue weighted by atomic mass is 79.9. The Bertz CT molecular complexity index is 522. The molecule has 0 spiro atoms. The first-order chi connectivity index (χ1) is 8.02. The van der Waals surface area contributed by atoms with E-state index in [9.17, 15) is 13.2 Å². The third-order valence-electron chi connectivity index (χ3n) is 2.14. The smallest absolute Gasteiger partial charge is 0.237 e. The van der Waals surface area contributed by atoms with Gasteiger partial charge in [-0.3, -0.25) is 0 Å². The molecule has 2 heterocycles. The van der Waals surface area contributed by atoms with E-state index < -0.39 is 11.7 Å². The maximum absolute atomic E-state index is 12.4. The van der Waals surface area contributed by atoms with E-state index in [1.165, 1.54) is 6.20 Å². The summed E-state index contributed by atoms with van der Waals surface area (Å²) in [5.41, 5.74) is -0.0204. The van der Waals surface area contributed by atoms with Gasteiger partial charge >= 0.3 is 6.18 Å². The van der Waals surface area contributed by atoms with Gasteiger partial charge in [-0.1, -0.05) is 22.0 Å². The summed E-state index contributed by atoms with van der Waals surface area (Å²) in [6.07, 6.45) is -1.17. The molecule has 2 rings (SSSR count). The molecule has 3 nitrogen and oxygen atoms in total. The van der Waals surface area contributed by atoms with Crippen molar-refractivity contribution in [2.24, 2.45) is 0 Å². The molecule has 0 saturated carbocycles. The molecule has 0 saturated heterocycles. The van der Waals surface area contributed by atoms with E-state index in [1.54, 1.807) is 12.1 Å². The first kappa shape index (κ1) is 12.1. The molecule has 7 heteroatoms. The van der Waals surface area contributed by atoms with Crippen LogP contribution in [-0.2, 0) is 11.5 Å². The number of hydrogen-bond donors (Lipinski definition) is 0. The second-order valence-corrected chi connectivity index (χ2v) is 3.85. The van der Waals surface area contributed by atoms with E-state index in [1.807, 2.05) is 0 Å². The molecule has 90 valence electrons. The highest BCUT2D eigenvalue weighted by molar-refractivity contribution is 9.08. The van der Waals surface area contributed by atoms with Gasteiger partial charge in [0.25, 0.3) is 0 Å². The van der Waals surface area contributed by atoms with Crippen LogP contribution in [0.5, 0.6) is 0 Å². The highest BCUT2D eigenvalue weighted by Gasteiger charge is 2.32. The predicted octanol–water partition coefficient (Wildman–Crippen LogP) is 3.18. The number of pyridine rings is 1. The lowest BCUT2D eigenvalue weighted by Gasteiger charge is -2.05. The monoisotopic (exact) mass is 305 g/mol. The Morgan fingerprint density at radius 2 is 2.12 bits per heavy atom. The quantitative estimate of drug-likeness (QED) is 0.798. The molecule has 0 unspecified atom stereocenters. The maximum Gasteiger partial charge on any atom is 0.419 e. The van der Waals surface area contributed by atoms with Crippen molar-refractivity contribution in [3.05, 3.63) is 41.9 Å². The molecule has 0 aliphatic carbocycles. The molecule has 2 aromatic rings. The van der Waals surface area contributed by atoms with Gasteiger partial charge in [0.05, 0.1) is 11.8 Å². The molecule has 0 fully saturated rings. The molecule has 2 aromatic heterocycles. The molecule has 0 aliphatic rings.